The molecule has 1 aromatic carbocycles. The van der Waals surface area contributed by atoms with Gasteiger partial charge in [-0.2, -0.15) is 0 Å². The maximum atomic E-state index is 11.3. The molecule has 0 fully saturated rings. The van der Waals surface area contributed by atoms with Gasteiger partial charge in [0.05, 0.1) is 5.75 Å². The third-order valence-corrected chi connectivity index (χ3v) is 3.27. The first-order valence-corrected chi connectivity index (χ1v) is 6.83. The number of benzene rings is 1. The van der Waals surface area contributed by atoms with E-state index in [0.29, 0.717) is 10.8 Å². The Hall–Kier alpha value is -1.20. The number of carbonyl (C=O) groups is 2. The Morgan fingerprint density at radius 2 is 2.00 bits per heavy atom. The highest BCUT2D eigenvalue weighted by atomic mass is 35.5. The molecule has 1 amide bonds. The lowest BCUT2D eigenvalue weighted by Crippen LogP contribution is -2.25. The fourth-order valence-corrected chi connectivity index (χ4v) is 2.00. The highest BCUT2D eigenvalue weighted by Crippen LogP contribution is 2.15. The molecule has 0 atom stereocenters. The van der Waals surface area contributed by atoms with Crippen LogP contribution in [-0.4, -0.2) is 31.3 Å². The van der Waals surface area contributed by atoms with Crippen LogP contribution in [0.4, 0.5) is 0 Å². The summed E-state index contributed by atoms with van der Waals surface area (Å²) in [6, 6.07) is 7.43. The Bertz CT molecular complexity index is 408. The molecule has 1 N–H and O–H groups in total. The van der Waals surface area contributed by atoms with Crippen LogP contribution in [0.1, 0.15) is 5.56 Å². The number of esters is 1. The number of halogens is 1. The molecule has 98 valence electrons. The van der Waals surface area contributed by atoms with Crippen molar-refractivity contribution >= 4 is 35.2 Å². The molecule has 0 saturated heterocycles. The minimum atomic E-state index is -0.391. The van der Waals surface area contributed by atoms with Crippen molar-refractivity contribution in [3.63, 3.8) is 0 Å². The molecule has 6 heteroatoms. The van der Waals surface area contributed by atoms with E-state index in [4.69, 9.17) is 16.3 Å². The molecule has 0 saturated carbocycles. The molecule has 0 heterocycles. The van der Waals surface area contributed by atoms with Gasteiger partial charge in [0, 0.05) is 17.8 Å². The Labute approximate surface area is 115 Å². The molecule has 4 nitrogen and oxygen atoms in total. The lowest BCUT2D eigenvalue weighted by atomic mass is 10.2. The summed E-state index contributed by atoms with van der Waals surface area (Å²) in [4.78, 5) is 22.1. The smallest absolute Gasteiger partial charge is 0.316 e. The van der Waals surface area contributed by atoms with E-state index in [9.17, 15) is 9.59 Å². The molecule has 0 aromatic heterocycles. The van der Waals surface area contributed by atoms with E-state index in [1.165, 1.54) is 18.8 Å². The summed E-state index contributed by atoms with van der Waals surface area (Å²) in [6.07, 6.45) is 0. The van der Waals surface area contributed by atoms with Crippen molar-refractivity contribution < 1.29 is 14.3 Å². The first kappa shape index (κ1) is 14.9. The highest BCUT2D eigenvalue weighted by Gasteiger charge is 2.06. The highest BCUT2D eigenvalue weighted by molar-refractivity contribution is 7.99. The second kappa shape index (κ2) is 8.00. The van der Waals surface area contributed by atoms with Gasteiger partial charge in [0.2, 0.25) is 0 Å². The van der Waals surface area contributed by atoms with Crippen molar-refractivity contribution in [2.24, 2.45) is 0 Å². The Balaban J connectivity index is 2.19. The van der Waals surface area contributed by atoms with Crippen molar-refractivity contribution in [2.45, 2.75) is 5.75 Å². The number of likely N-dealkylation sites (N-methyl/N-ethyl adjacent to an activating group) is 1. The van der Waals surface area contributed by atoms with E-state index in [2.05, 4.69) is 5.32 Å². The number of nitrogens with one attached hydrogen (secondary N) is 1. The average Bonchev–Trinajstić information content (AvgIpc) is 2.38. The molecule has 0 unspecified atom stereocenters. The number of carbonyl (C=O) groups excluding carboxylic acids is 2. The number of rotatable bonds is 6. The van der Waals surface area contributed by atoms with Gasteiger partial charge < -0.3 is 10.1 Å². The first-order valence-electron chi connectivity index (χ1n) is 5.30. The lowest BCUT2D eigenvalue weighted by Gasteiger charge is -2.04. The van der Waals surface area contributed by atoms with E-state index in [1.54, 1.807) is 12.1 Å². The molecular weight excluding hydrogens is 274 g/mol. The summed E-state index contributed by atoms with van der Waals surface area (Å²) in [7, 11) is 1.49. The third-order valence-electron chi connectivity index (χ3n) is 2.04. The SMILES string of the molecule is CNC(=O)COC(=O)CSCc1ccc(Cl)cc1. The van der Waals surface area contributed by atoms with E-state index < -0.39 is 5.97 Å². The topological polar surface area (TPSA) is 55.4 Å². The van der Waals surface area contributed by atoms with Crippen LogP contribution in [0.2, 0.25) is 5.02 Å². The van der Waals surface area contributed by atoms with E-state index in [1.807, 2.05) is 12.1 Å². The number of ether oxygens (including phenoxy) is 1. The maximum absolute atomic E-state index is 11.3. The number of amides is 1. The molecule has 0 spiro atoms. The number of hydrogen-bond acceptors (Lipinski definition) is 4. The Kier molecular flexibility index (Phi) is 6.60. The molecule has 1 aromatic rings. The second-order valence-corrected chi connectivity index (χ2v) is 4.88. The van der Waals surface area contributed by atoms with Gasteiger partial charge in [0.1, 0.15) is 0 Å². The van der Waals surface area contributed by atoms with E-state index in [-0.39, 0.29) is 18.3 Å². The van der Waals surface area contributed by atoms with E-state index >= 15 is 0 Å². The minimum absolute atomic E-state index is 0.222. The zero-order valence-electron chi connectivity index (χ0n) is 9.94. The van der Waals surface area contributed by atoms with Crippen LogP contribution in [0.3, 0.4) is 0 Å². The van der Waals surface area contributed by atoms with Gasteiger partial charge in [0.25, 0.3) is 5.91 Å². The summed E-state index contributed by atoms with van der Waals surface area (Å²) in [5, 5.41) is 3.06. The van der Waals surface area contributed by atoms with Crippen LogP contribution >= 0.6 is 23.4 Å². The summed E-state index contributed by atoms with van der Waals surface area (Å²) in [5.74, 6) is 0.217. The van der Waals surface area contributed by atoms with Crippen molar-refractivity contribution in [3.8, 4) is 0 Å². The van der Waals surface area contributed by atoms with Gasteiger partial charge in [-0.15, -0.1) is 11.8 Å². The van der Waals surface area contributed by atoms with Crippen LogP contribution in [0, 0.1) is 0 Å². The molecule has 0 radical (unpaired) electrons. The van der Waals surface area contributed by atoms with Gasteiger partial charge in [-0.05, 0) is 17.7 Å². The Morgan fingerprint density at radius 1 is 1.33 bits per heavy atom. The average molecular weight is 288 g/mol. The van der Waals surface area contributed by atoms with Crippen LogP contribution in [-0.2, 0) is 20.1 Å². The fraction of sp³-hybridized carbons (Fsp3) is 0.333. The largest absolute Gasteiger partial charge is 0.455 e. The maximum Gasteiger partial charge on any atom is 0.316 e. The van der Waals surface area contributed by atoms with Crippen LogP contribution in [0.5, 0.6) is 0 Å². The molecule has 0 aliphatic heterocycles. The normalized spacial score (nSPS) is 9.89. The molecular formula is C12H14ClNO3S. The van der Waals surface area contributed by atoms with Gasteiger partial charge in [-0.3, -0.25) is 9.59 Å². The summed E-state index contributed by atoms with van der Waals surface area (Å²) in [6.45, 7) is -0.225. The van der Waals surface area contributed by atoms with Gasteiger partial charge in [0.15, 0.2) is 6.61 Å². The van der Waals surface area contributed by atoms with Crippen molar-refractivity contribution in [3.05, 3.63) is 34.9 Å². The van der Waals surface area contributed by atoms with Crippen LogP contribution in [0.25, 0.3) is 0 Å². The van der Waals surface area contributed by atoms with Crippen LogP contribution in [0.15, 0.2) is 24.3 Å². The second-order valence-electron chi connectivity index (χ2n) is 3.45. The predicted octanol–water partition coefficient (Wildman–Crippen LogP) is 1.86. The fourth-order valence-electron chi connectivity index (χ4n) is 1.09. The molecule has 0 aliphatic carbocycles. The van der Waals surface area contributed by atoms with E-state index in [0.717, 1.165) is 5.56 Å². The van der Waals surface area contributed by atoms with Crippen molar-refractivity contribution in [2.75, 3.05) is 19.4 Å². The monoisotopic (exact) mass is 287 g/mol. The number of thioether (sulfide) groups is 1. The lowest BCUT2D eigenvalue weighted by molar-refractivity contribution is -0.145. The zero-order chi connectivity index (χ0) is 13.4. The molecule has 0 aliphatic rings. The molecule has 1 rings (SSSR count). The summed E-state index contributed by atoms with van der Waals surface area (Å²) >= 11 is 7.19. The zero-order valence-corrected chi connectivity index (χ0v) is 11.5. The Morgan fingerprint density at radius 3 is 2.61 bits per heavy atom. The van der Waals surface area contributed by atoms with Gasteiger partial charge >= 0.3 is 5.97 Å². The molecule has 0 bridgehead atoms. The quantitative estimate of drug-likeness (QED) is 0.812. The van der Waals surface area contributed by atoms with Crippen LogP contribution < -0.4 is 5.32 Å². The summed E-state index contributed by atoms with van der Waals surface area (Å²) in [5.41, 5.74) is 1.09. The standard InChI is InChI=1S/C12H14ClNO3S/c1-14-11(15)6-17-12(16)8-18-7-9-2-4-10(13)5-3-9/h2-5H,6-8H2,1H3,(H,14,15). The minimum Gasteiger partial charge on any atom is -0.455 e. The number of hydrogen-bond donors (Lipinski definition) is 1. The summed E-state index contributed by atoms with van der Waals surface area (Å²) < 4.78 is 4.76. The van der Waals surface area contributed by atoms with Gasteiger partial charge in [-0.1, -0.05) is 23.7 Å². The van der Waals surface area contributed by atoms with Crippen molar-refractivity contribution in [1.29, 1.82) is 0 Å². The third kappa shape index (κ3) is 5.93. The molecule has 18 heavy (non-hydrogen) atoms. The predicted molar refractivity (Wildman–Crippen MR) is 72.6 cm³/mol. The first-order chi connectivity index (χ1) is 8.61. The van der Waals surface area contributed by atoms with Gasteiger partial charge in [-0.25, -0.2) is 0 Å². The van der Waals surface area contributed by atoms with Crippen molar-refractivity contribution in [1.82, 2.24) is 5.32 Å².